The third kappa shape index (κ3) is 10.3. The lowest BCUT2D eigenvalue weighted by Gasteiger charge is -1.99. The van der Waals surface area contributed by atoms with E-state index in [9.17, 15) is 0 Å². The normalized spacial score (nSPS) is 7.10. The summed E-state index contributed by atoms with van der Waals surface area (Å²) in [6.45, 7) is 13.4. The third-order valence-electron chi connectivity index (χ3n) is 0.858. The Morgan fingerprint density at radius 3 is 2.30 bits per heavy atom. The number of rotatable bonds is 4. The smallest absolute Gasteiger partial charge is 0.00730 e. The van der Waals surface area contributed by atoms with Gasteiger partial charge in [0.05, 0.1) is 0 Å². The van der Waals surface area contributed by atoms with Crippen LogP contribution in [0, 0.1) is 0 Å². The van der Waals surface area contributed by atoms with E-state index in [2.05, 4.69) is 25.4 Å². The molecule has 0 aliphatic carbocycles. The number of allylic oxidation sites excluding steroid dienone is 1. The van der Waals surface area contributed by atoms with Crippen LogP contribution in [-0.2, 0) is 0 Å². The van der Waals surface area contributed by atoms with Crippen molar-refractivity contribution in [1.29, 1.82) is 0 Å². The highest BCUT2D eigenvalue weighted by Crippen LogP contribution is 1.95. The zero-order chi connectivity index (χ0) is 8.41. The molecular weight excluding hydrogens is 122 g/mol. The lowest BCUT2D eigenvalue weighted by molar-refractivity contribution is 0.845. The molecule has 0 aromatic carbocycles. The molecule has 1 heteroatoms. The van der Waals surface area contributed by atoms with Crippen molar-refractivity contribution in [3.05, 3.63) is 25.1 Å². The molecule has 0 aromatic rings. The molecule has 0 fully saturated rings. The topological polar surface area (TPSA) is 12.0 Å². The van der Waals surface area contributed by atoms with Crippen LogP contribution in [0.2, 0.25) is 0 Å². The van der Waals surface area contributed by atoms with Crippen LogP contribution in [0.15, 0.2) is 25.1 Å². The van der Waals surface area contributed by atoms with E-state index in [1.54, 1.807) is 6.20 Å². The molecule has 0 rings (SSSR count). The highest BCUT2D eigenvalue weighted by atomic mass is 14.8. The minimum Gasteiger partial charge on any atom is -0.366 e. The van der Waals surface area contributed by atoms with Crippen LogP contribution >= 0.6 is 0 Å². The molecule has 0 unspecified atom stereocenters. The van der Waals surface area contributed by atoms with Gasteiger partial charge >= 0.3 is 0 Å². The molecule has 0 saturated heterocycles. The summed E-state index contributed by atoms with van der Waals surface area (Å²) in [5, 5.41) is 2.92. The van der Waals surface area contributed by atoms with Crippen molar-refractivity contribution < 1.29 is 0 Å². The summed E-state index contributed by atoms with van der Waals surface area (Å²) in [5.74, 6) is 0. The first-order valence-electron chi connectivity index (χ1n) is 3.86. The van der Waals surface area contributed by atoms with E-state index in [1.807, 2.05) is 13.8 Å². The van der Waals surface area contributed by atoms with E-state index in [1.165, 1.54) is 0 Å². The van der Waals surface area contributed by atoms with Crippen LogP contribution in [0.25, 0.3) is 0 Å². The van der Waals surface area contributed by atoms with Crippen LogP contribution in [0.4, 0.5) is 0 Å². The molecule has 0 aromatic heterocycles. The number of hydrogen-bond acceptors (Lipinski definition) is 1. The number of nitrogens with one attached hydrogen (secondary N) is 1. The summed E-state index contributed by atoms with van der Waals surface area (Å²) < 4.78 is 0. The van der Waals surface area contributed by atoms with Gasteiger partial charge in [-0.3, -0.25) is 0 Å². The van der Waals surface area contributed by atoms with Crippen molar-refractivity contribution in [2.24, 2.45) is 0 Å². The van der Waals surface area contributed by atoms with Gasteiger partial charge in [0, 0.05) is 5.70 Å². The SMILES string of the molecule is C=CNC(=C)CCC.CC. The first-order valence-corrected chi connectivity index (χ1v) is 3.86. The Morgan fingerprint density at radius 1 is 1.50 bits per heavy atom. The van der Waals surface area contributed by atoms with E-state index in [4.69, 9.17) is 0 Å². The Labute approximate surface area is 64.8 Å². The van der Waals surface area contributed by atoms with Gasteiger partial charge in [0.15, 0.2) is 0 Å². The molecule has 0 atom stereocenters. The maximum atomic E-state index is 3.75. The van der Waals surface area contributed by atoms with Crippen LogP contribution in [-0.4, -0.2) is 0 Å². The molecular formula is C9H19N. The molecule has 0 aliphatic rings. The second-order valence-corrected chi connectivity index (χ2v) is 1.70. The predicted octanol–water partition coefficient (Wildman–Crippen LogP) is 3.06. The fraction of sp³-hybridized carbons (Fsp3) is 0.556. The summed E-state index contributed by atoms with van der Waals surface area (Å²) in [6, 6.07) is 0. The van der Waals surface area contributed by atoms with Gasteiger partial charge in [0.1, 0.15) is 0 Å². The van der Waals surface area contributed by atoms with Crippen LogP contribution in [0.5, 0.6) is 0 Å². The van der Waals surface area contributed by atoms with Crippen LogP contribution < -0.4 is 5.32 Å². The zero-order valence-corrected chi connectivity index (χ0v) is 7.41. The van der Waals surface area contributed by atoms with Crippen molar-refractivity contribution in [2.45, 2.75) is 33.6 Å². The first-order chi connectivity index (χ1) is 4.81. The van der Waals surface area contributed by atoms with Gasteiger partial charge in [0.2, 0.25) is 0 Å². The van der Waals surface area contributed by atoms with Gasteiger partial charge in [-0.15, -0.1) is 0 Å². The van der Waals surface area contributed by atoms with Crippen molar-refractivity contribution in [1.82, 2.24) is 5.32 Å². The quantitative estimate of drug-likeness (QED) is 0.634. The van der Waals surface area contributed by atoms with E-state index >= 15 is 0 Å². The highest BCUT2D eigenvalue weighted by molar-refractivity contribution is 4.94. The second-order valence-electron chi connectivity index (χ2n) is 1.70. The molecule has 0 heterocycles. The van der Waals surface area contributed by atoms with Gasteiger partial charge in [-0.2, -0.15) is 0 Å². The van der Waals surface area contributed by atoms with E-state index in [-0.39, 0.29) is 0 Å². The molecule has 0 aliphatic heterocycles. The fourth-order valence-electron chi connectivity index (χ4n) is 0.518. The fourth-order valence-corrected chi connectivity index (χ4v) is 0.518. The molecule has 60 valence electrons. The first kappa shape index (κ1) is 12.0. The predicted molar refractivity (Wildman–Crippen MR) is 48.7 cm³/mol. The molecule has 0 bridgehead atoms. The Hall–Kier alpha value is -0.720. The highest BCUT2D eigenvalue weighted by Gasteiger charge is 1.83. The third-order valence-corrected chi connectivity index (χ3v) is 0.858. The lowest BCUT2D eigenvalue weighted by Crippen LogP contribution is -2.00. The molecule has 1 nitrogen and oxygen atoms in total. The number of hydrogen-bond donors (Lipinski definition) is 1. The Kier molecular flexibility index (Phi) is 13.4. The van der Waals surface area contributed by atoms with Gasteiger partial charge in [0.25, 0.3) is 0 Å². The maximum absolute atomic E-state index is 3.75. The van der Waals surface area contributed by atoms with Gasteiger partial charge in [-0.1, -0.05) is 40.3 Å². The van der Waals surface area contributed by atoms with Gasteiger partial charge < -0.3 is 5.32 Å². The van der Waals surface area contributed by atoms with Crippen LogP contribution in [0.3, 0.4) is 0 Å². The van der Waals surface area contributed by atoms with E-state index < -0.39 is 0 Å². The zero-order valence-electron chi connectivity index (χ0n) is 7.41. The summed E-state index contributed by atoms with van der Waals surface area (Å²) in [7, 11) is 0. The maximum Gasteiger partial charge on any atom is 0.00730 e. The van der Waals surface area contributed by atoms with E-state index in [0.29, 0.717) is 0 Å². The van der Waals surface area contributed by atoms with Gasteiger partial charge in [-0.25, -0.2) is 0 Å². The van der Waals surface area contributed by atoms with Crippen molar-refractivity contribution >= 4 is 0 Å². The standard InChI is InChI=1S/C7H13N.C2H6/c1-4-6-7(3)8-5-2;1-2/h5,8H,2-4,6H2,1H3;1-2H3. The summed E-state index contributed by atoms with van der Waals surface area (Å²) in [6.07, 6.45) is 3.82. The average molecular weight is 141 g/mol. The van der Waals surface area contributed by atoms with Gasteiger partial charge in [-0.05, 0) is 12.6 Å². The van der Waals surface area contributed by atoms with Crippen molar-refractivity contribution in [3.63, 3.8) is 0 Å². The van der Waals surface area contributed by atoms with Crippen molar-refractivity contribution in [3.8, 4) is 0 Å². The summed E-state index contributed by atoms with van der Waals surface area (Å²) in [4.78, 5) is 0. The molecule has 0 saturated carbocycles. The minimum absolute atomic E-state index is 1.03. The molecule has 1 N–H and O–H groups in total. The van der Waals surface area contributed by atoms with E-state index in [0.717, 1.165) is 18.5 Å². The summed E-state index contributed by atoms with van der Waals surface area (Å²) in [5.41, 5.74) is 1.04. The largest absolute Gasteiger partial charge is 0.366 e. The molecule has 0 radical (unpaired) electrons. The monoisotopic (exact) mass is 141 g/mol. The average Bonchev–Trinajstić information content (AvgIpc) is 1.93. The van der Waals surface area contributed by atoms with Crippen molar-refractivity contribution in [2.75, 3.05) is 0 Å². The molecule has 0 amide bonds. The minimum atomic E-state index is 1.03. The lowest BCUT2D eigenvalue weighted by atomic mass is 10.3. The van der Waals surface area contributed by atoms with Crippen LogP contribution in [0.1, 0.15) is 33.6 Å². The Bertz CT molecular complexity index is 84.7. The molecule has 0 spiro atoms. The Balaban J connectivity index is 0. The summed E-state index contributed by atoms with van der Waals surface area (Å²) >= 11 is 0. The second kappa shape index (κ2) is 11.1. The molecule has 10 heavy (non-hydrogen) atoms. The Morgan fingerprint density at radius 2 is 2.00 bits per heavy atom.